The Morgan fingerprint density at radius 1 is 1.41 bits per heavy atom. The molecule has 17 heavy (non-hydrogen) atoms. The van der Waals surface area contributed by atoms with Crippen molar-refractivity contribution < 1.29 is 9.90 Å². The van der Waals surface area contributed by atoms with Crippen LogP contribution in [0.25, 0.3) is 10.9 Å². The molecule has 0 radical (unpaired) electrons. The molecule has 5 nitrogen and oxygen atoms in total. The predicted octanol–water partition coefficient (Wildman–Crippen LogP) is 0.684. The largest absolute Gasteiger partial charge is 0.480 e. The number of rotatable bonds is 4. The number of para-hydroxylation sites is 1. The van der Waals surface area contributed by atoms with Crippen molar-refractivity contribution in [2.45, 2.75) is 12.6 Å². The molecule has 1 atom stereocenters. The maximum atomic E-state index is 10.8. The van der Waals surface area contributed by atoms with Gasteiger partial charge in [0.05, 0.1) is 0 Å². The van der Waals surface area contributed by atoms with Crippen LogP contribution in [-0.4, -0.2) is 22.2 Å². The molecule has 0 spiro atoms. The molecule has 1 unspecified atom stereocenters. The molecule has 1 aromatic heterocycles. The Balaban J connectivity index is 2.58. The molecule has 90 valence electrons. The molecule has 0 aliphatic carbocycles. The van der Waals surface area contributed by atoms with Crippen LogP contribution in [0.5, 0.6) is 0 Å². The number of benzene rings is 1. The van der Waals surface area contributed by atoms with Gasteiger partial charge in [-0.25, -0.2) is 0 Å². The zero-order valence-electron chi connectivity index (χ0n) is 9.34. The summed E-state index contributed by atoms with van der Waals surface area (Å²) in [5.74, 6) is -0.876. The average molecular weight is 233 g/mol. The van der Waals surface area contributed by atoms with E-state index in [1.165, 1.54) is 0 Å². The van der Waals surface area contributed by atoms with Gasteiger partial charge in [0.25, 0.3) is 0 Å². The SMILES string of the molecule is NCC(N)c1cn(CC(=O)O)c2ccccc12. The average Bonchev–Trinajstić information content (AvgIpc) is 2.67. The fourth-order valence-corrected chi connectivity index (χ4v) is 1.97. The lowest BCUT2D eigenvalue weighted by Crippen LogP contribution is -2.20. The van der Waals surface area contributed by atoms with Gasteiger partial charge in [-0.1, -0.05) is 18.2 Å². The first-order valence-electron chi connectivity index (χ1n) is 5.38. The van der Waals surface area contributed by atoms with Crippen LogP contribution in [0.3, 0.4) is 0 Å². The van der Waals surface area contributed by atoms with E-state index in [1.807, 2.05) is 24.3 Å². The molecule has 2 rings (SSSR count). The summed E-state index contributed by atoms with van der Waals surface area (Å²) < 4.78 is 1.68. The van der Waals surface area contributed by atoms with Gasteiger partial charge in [-0.15, -0.1) is 0 Å². The summed E-state index contributed by atoms with van der Waals surface area (Å²) in [4.78, 5) is 10.8. The number of carboxylic acid groups (broad SMARTS) is 1. The van der Waals surface area contributed by atoms with Crippen molar-refractivity contribution >= 4 is 16.9 Å². The quantitative estimate of drug-likeness (QED) is 0.724. The molecule has 0 saturated carbocycles. The number of nitrogens with zero attached hydrogens (tertiary/aromatic N) is 1. The number of fused-ring (bicyclic) bond motifs is 1. The van der Waals surface area contributed by atoms with E-state index >= 15 is 0 Å². The van der Waals surface area contributed by atoms with Gasteiger partial charge in [0.1, 0.15) is 6.54 Å². The molecule has 0 bridgehead atoms. The molecule has 0 amide bonds. The van der Waals surface area contributed by atoms with Crippen LogP contribution in [0.4, 0.5) is 0 Å². The normalized spacial score (nSPS) is 12.8. The molecule has 0 aliphatic rings. The van der Waals surface area contributed by atoms with E-state index in [9.17, 15) is 4.79 Å². The van der Waals surface area contributed by atoms with E-state index in [2.05, 4.69) is 0 Å². The van der Waals surface area contributed by atoms with Crippen LogP contribution >= 0.6 is 0 Å². The van der Waals surface area contributed by atoms with Gasteiger partial charge in [-0.05, 0) is 11.6 Å². The van der Waals surface area contributed by atoms with Crippen molar-refractivity contribution in [3.63, 3.8) is 0 Å². The van der Waals surface area contributed by atoms with E-state index in [0.717, 1.165) is 16.5 Å². The van der Waals surface area contributed by atoms with Crippen LogP contribution in [0.2, 0.25) is 0 Å². The molecule has 5 heteroatoms. The van der Waals surface area contributed by atoms with Crippen molar-refractivity contribution in [2.24, 2.45) is 11.5 Å². The van der Waals surface area contributed by atoms with Gasteiger partial charge in [-0.3, -0.25) is 4.79 Å². The number of carbonyl (C=O) groups is 1. The molecular weight excluding hydrogens is 218 g/mol. The molecular formula is C12H15N3O2. The molecule has 1 aromatic carbocycles. The van der Waals surface area contributed by atoms with E-state index in [4.69, 9.17) is 16.6 Å². The van der Waals surface area contributed by atoms with Crippen molar-refractivity contribution in [1.29, 1.82) is 0 Å². The van der Waals surface area contributed by atoms with Crippen molar-refractivity contribution in [1.82, 2.24) is 4.57 Å². The van der Waals surface area contributed by atoms with Crippen LogP contribution in [0, 0.1) is 0 Å². The highest BCUT2D eigenvalue weighted by molar-refractivity contribution is 5.85. The first-order chi connectivity index (χ1) is 8.13. The van der Waals surface area contributed by atoms with Crippen LogP contribution < -0.4 is 11.5 Å². The minimum absolute atomic E-state index is 0.0716. The third-order valence-corrected chi connectivity index (χ3v) is 2.78. The number of nitrogens with two attached hydrogens (primary N) is 2. The monoisotopic (exact) mass is 233 g/mol. The molecule has 5 N–H and O–H groups in total. The Labute approximate surface area is 98.6 Å². The first kappa shape index (κ1) is 11.6. The molecule has 1 heterocycles. The van der Waals surface area contributed by atoms with Crippen molar-refractivity contribution in [3.05, 3.63) is 36.0 Å². The highest BCUT2D eigenvalue weighted by Crippen LogP contribution is 2.25. The molecule has 2 aromatic rings. The fourth-order valence-electron chi connectivity index (χ4n) is 1.97. The standard InChI is InChI=1S/C12H15N3O2/c13-5-10(14)9-6-15(7-12(16)17)11-4-2-1-3-8(9)11/h1-4,6,10H,5,7,13-14H2,(H,16,17). The second-order valence-electron chi connectivity index (χ2n) is 3.97. The summed E-state index contributed by atoms with van der Waals surface area (Å²) in [6, 6.07) is 7.32. The van der Waals surface area contributed by atoms with Gasteiger partial charge in [-0.2, -0.15) is 0 Å². The molecule has 0 fully saturated rings. The second kappa shape index (κ2) is 4.57. The van der Waals surface area contributed by atoms with E-state index in [-0.39, 0.29) is 12.6 Å². The summed E-state index contributed by atoms with van der Waals surface area (Å²) in [6.45, 7) is 0.263. The Kier molecular flexibility index (Phi) is 3.12. The maximum absolute atomic E-state index is 10.8. The fraction of sp³-hybridized carbons (Fsp3) is 0.250. The third-order valence-electron chi connectivity index (χ3n) is 2.78. The van der Waals surface area contributed by atoms with E-state index < -0.39 is 5.97 Å². The van der Waals surface area contributed by atoms with Gasteiger partial charge in [0.15, 0.2) is 0 Å². The number of hydrogen-bond donors (Lipinski definition) is 3. The van der Waals surface area contributed by atoms with E-state index in [1.54, 1.807) is 10.8 Å². The Morgan fingerprint density at radius 2 is 2.12 bits per heavy atom. The van der Waals surface area contributed by atoms with Gasteiger partial charge >= 0.3 is 5.97 Å². The lowest BCUT2D eigenvalue weighted by atomic mass is 10.1. The number of aromatic nitrogens is 1. The van der Waals surface area contributed by atoms with Gasteiger partial charge in [0.2, 0.25) is 0 Å². The summed E-state index contributed by atoms with van der Waals surface area (Å²) in [6.07, 6.45) is 1.77. The lowest BCUT2D eigenvalue weighted by molar-refractivity contribution is -0.137. The van der Waals surface area contributed by atoms with Gasteiger partial charge < -0.3 is 21.1 Å². The maximum Gasteiger partial charge on any atom is 0.323 e. The lowest BCUT2D eigenvalue weighted by Gasteiger charge is -2.06. The highest BCUT2D eigenvalue weighted by Gasteiger charge is 2.14. The summed E-state index contributed by atoms with van der Waals surface area (Å²) in [7, 11) is 0. The van der Waals surface area contributed by atoms with Crippen LogP contribution in [-0.2, 0) is 11.3 Å². The van der Waals surface area contributed by atoms with Crippen molar-refractivity contribution in [3.8, 4) is 0 Å². The topological polar surface area (TPSA) is 94.3 Å². The zero-order valence-corrected chi connectivity index (χ0v) is 9.34. The number of hydrogen-bond acceptors (Lipinski definition) is 3. The number of aliphatic carboxylic acids is 1. The highest BCUT2D eigenvalue weighted by atomic mass is 16.4. The minimum Gasteiger partial charge on any atom is -0.480 e. The Bertz CT molecular complexity index is 548. The molecule has 0 saturated heterocycles. The van der Waals surface area contributed by atoms with Crippen molar-refractivity contribution in [2.75, 3.05) is 6.54 Å². The third kappa shape index (κ3) is 2.15. The summed E-state index contributed by atoms with van der Waals surface area (Å²) in [5, 5.41) is 9.82. The Morgan fingerprint density at radius 3 is 2.76 bits per heavy atom. The van der Waals surface area contributed by atoms with E-state index in [0.29, 0.717) is 6.54 Å². The summed E-state index contributed by atoms with van der Waals surface area (Å²) >= 11 is 0. The van der Waals surface area contributed by atoms with Crippen LogP contribution in [0.1, 0.15) is 11.6 Å². The zero-order chi connectivity index (χ0) is 12.4. The first-order valence-corrected chi connectivity index (χ1v) is 5.38. The smallest absolute Gasteiger partial charge is 0.323 e. The second-order valence-corrected chi connectivity index (χ2v) is 3.97. The number of carboxylic acids is 1. The predicted molar refractivity (Wildman–Crippen MR) is 65.6 cm³/mol. The summed E-state index contributed by atoms with van der Waals surface area (Å²) in [5.41, 5.74) is 13.2. The van der Waals surface area contributed by atoms with Gasteiger partial charge in [0, 0.05) is 29.7 Å². The minimum atomic E-state index is -0.876. The van der Waals surface area contributed by atoms with Crippen LogP contribution in [0.15, 0.2) is 30.5 Å². The Hall–Kier alpha value is -1.85. The molecule has 0 aliphatic heterocycles.